The van der Waals surface area contributed by atoms with Crippen molar-refractivity contribution >= 4 is 90.2 Å². The van der Waals surface area contributed by atoms with E-state index < -0.39 is 5.41 Å². The van der Waals surface area contributed by atoms with Gasteiger partial charge < -0.3 is 18.6 Å². The maximum Gasteiger partial charge on any atom is 0.145 e. The molecule has 0 amide bonds. The quantitative estimate of drug-likeness (QED) is 0.166. The largest absolute Gasteiger partial charge is 0.455 e. The molecule has 362 valence electrons. The lowest BCUT2D eigenvalue weighted by molar-refractivity contribution is 0.662. The second-order valence-electron chi connectivity index (χ2n) is 21.2. The average Bonchev–Trinajstić information content (AvgIpc) is 4.27. The molecule has 4 heteroatoms. The highest BCUT2D eigenvalue weighted by molar-refractivity contribution is 6.20. The normalized spacial score (nSPS) is 13.1. The van der Waals surface area contributed by atoms with E-state index in [2.05, 4.69) is 259 Å². The van der Waals surface area contributed by atoms with Gasteiger partial charge in [0.2, 0.25) is 0 Å². The number of fused-ring (bicyclic) bond motifs is 17. The lowest BCUT2D eigenvalue weighted by Gasteiger charge is -2.38. The molecule has 0 aliphatic heterocycles. The molecule has 0 bridgehead atoms. The Balaban J connectivity index is 1.20. The van der Waals surface area contributed by atoms with Crippen molar-refractivity contribution in [2.75, 3.05) is 9.80 Å². The van der Waals surface area contributed by atoms with Crippen LogP contribution in [0.3, 0.4) is 0 Å². The number of aryl methyl sites for hydroxylation is 8. The number of rotatable bonds is 6. The molecule has 2 aromatic heterocycles. The van der Waals surface area contributed by atoms with Crippen LogP contribution < -0.4 is 9.80 Å². The molecule has 14 rings (SSSR count). The minimum atomic E-state index is -0.888. The summed E-state index contributed by atoms with van der Waals surface area (Å²) >= 11 is 0. The molecule has 0 saturated heterocycles. The van der Waals surface area contributed by atoms with Crippen molar-refractivity contribution in [1.82, 2.24) is 0 Å². The molecule has 10 aromatic carbocycles. The monoisotopic (exact) mass is 968 g/mol. The number of anilines is 6. The standard InChI is InChI=1S/C71H56N2O2/c1-41-25-29-49(35-45(41)5)72(50-30-26-42(2)46(6)36-50)63-39-61-55(69-67(63)57-19-11-15-23-65(57)74-69)33-34-56-62(71(61)59-21-13-9-17-53(59)54-18-10-14-22-60(54)71)40-64(68-58-20-12-16-24-66(58)75-70(56)68)73(51-31-27-43(3)47(7)37-51)52-32-28-44(4)48(8)38-52/h9-40H,1-8H3. The summed E-state index contributed by atoms with van der Waals surface area (Å²) in [6.07, 6.45) is 4.65. The first-order chi connectivity index (χ1) is 36.5. The number of para-hydroxylation sites is 2. The Hall–Kier alpha value is -8.86. The van der Waals surface area contributed by atoms with Gasteiger partial charge in [-0.25, -0.2) is 0 Å². The van der Waals surface area contributed by atoms with E-state index >= 15 is 0 Å². The first-order valence-electron chi connectivity index (χ1n) is 26.2. The summed E-state index contributed by atoms with van der Waals surface area (Å²) < 4.78 is 14.8. The molecule has 75 heavy (non-hydrogen) atoms. The zero-order valence-corrected chi connectivity index (χ0v) is 43.7. The molecule has 0 radical (unpaired) electrons. The van der Waals surface area contributed by atoms with Crippen LogP contribution in [0.2, 0.25) is 0 Å². The zero-order valence-electron chi connectivity index (χ0n) is 43.7. The second-order valence-corrected chi connectivity index (χ2v) is 21.2. The van der Waals surface area contributed by atoms with Crippen LogP contribution in [0.5, 0.6) is 0 Å². The molecule has 0 saturated carbocycles. The smallest absolute Gasteiger partial charge is 0.145 e. The molecule has 2 heterocycles. The highest BCUT2D eigenvalue weighted by Gasteiger charge is 2.51. The summed E-state index contributed by atoms with van der Waals surface area (Å²) in [5.41, 5.74) is 28.1. The summed E-state index contributed by atoms with van der Waals surface area (Å²) in [7, 11) is 0. The Morgan fingerprint density at radius 2 is 0.653 bits per heavy atom. The Morgan fingerprint density at radius 1 is 0.320 bits per heavy atom. The van der Waals surface area contributed by atoms with Gasteiger partial charge in [0.05, 0.1) is 27.6 Å². The van der Waals surface area contributed by atoms with Crippen LogP contribution >= 0.6 is 0 Å². The van der Waals surface area contributed by atoms with Gasteiger partial charge in [-0.2, -0.15) is 0 Å². The van der Waals surface area contributed by atoms with Gasteiger partial charge in [-0.3, -0.25) is 0 Å². The van der Waals surface area contributed by atoms with E-state index in [1.807, 2.05) is 0 Å². The number of nitrogens with zero attached hydrogens (tertiary/aromatic N) is 2. The van der Waals surface area contributed by atoms with E-state index in [1.165, 1.54) is 66.8 Å². The first-order valence-corrected chi connectivity index (χ1v) is 26.2. The highest BCUT2D eigenvalue weighted by Crippen LogP contribution is 2.63. The van der Waals surface area contributed by atoms with Gasteiger partial charge in [0.1, 0.15) is 22.3 Å². The Morgan fingerprint density at radius 3 is 1.01 bits per heavy atom. The SMILES string of the molecule is Cc1ccc(N(c2ccc(C)c(C)c2)c2cc3c(c4oc5ccccc5c24)C=Cc2c(cc(N(c4ccc(C)c(C)c4)c4ccc(C)c(C)c4)c4c2oc2ccccc24)C32c3ccccc3-c3ccccc32)cc1C. The van der Waals surface area contributed by atoms with E-state index in [0.717, 1.165) is 100 Å². The third kappa shape index (κ3) is 6.48. The van der Waals surface area contributed by atoms with Crippen molar-refractivity contribution in [3.05, 3.63) is 260 Å². The van der Waals surface area contributed by atoms with Crippen molar-refractivity contribution in [2.45, 2.75) is 60.8 Å². The summed E-state index contributed by atoms with van der Waals surface area (Å²) in [6.45, 7) is 17.7. The lowest BCUT2D eigenvalue weighted by Crippen LogP contribution is -2.31. The number of hydrogen-bond acceptors (Lipinski definition) is 4. The van der Waals surface area contributed by atoms with Crippen molar-refractivity contribution in [3.8, 4) is 11.1 Å². The summed E-state index contributed by atoms with van der Waals surface area (Å²) in [5, 5.41) is 4.27. The fourth-order valence-corrected chi connectivity index (χ4v) is 12.5. The molecule has 12 aromatic rings. The molecular formula is C71H56N2O2. The van der Waals surface area contributed by atoms with E-state index in [9.17, 15) is 0 Å². The lowest BCUT2D eigenvalue weighted by atomic mass is 9.65. The van der Waals surface area contributed by atoms with Crippen LogP contribution in [0.1, 0.15) is 77.9 Å². The molecule has 0 N–H and O–H groups in total. The zero-order chi connectivity index (χ0) is 51.0. The molecule has 4 nitrogen and oxygen atoms in total. The van der Waals surface area contributed by atoms with Crippen molar-refractivity contribution in [3.63, 3.8) is 0 Å². The maximum atomic E-state index is 7.38. The fraction of sp³-hybridized carbons (Fsp3) is 0.127. The van der Waals surface area contributed by atoms with Crippen LogP contribution in [0.25, 0.3) is 67.2 Å². The second kappa shape index (κ2) is 16.6. The van der Waals surface area contributed by atoms with Crippen LogP contribution in [0.15, 0.2) is 191 Å². The number of furan rings is 2. The van der Waals surface area contributed by atoms with Crippen LogP contribution in [-0.2, 0) is 5.41 Å². The predicted octanol–water partition coefficient (Wildman–Crippen LogP) is 19.7. The molecule has 1 spiro atoms. The Bertz CT molecular complexity index is 4040. The summed E-state index contributed by atoms with van der Waals surface area (Å²) in [5.74, 6) is 0. The average molecular weight is 969 g/mol. The van der Waals surface area contributed by atoms with Gasteiger partial charge in [-0.05, 0) is 206 Å². The van der Waals surface area contributed by atoms with Gasteiger partial charge in [-0.15, -0.1) is 0 Å². The molecule has 0 fully saturated rings. The van der Waals surface area contributed by atoms with Gasteiger partial charge in [0, 0.05) is 44.6 Å². The topological polar surface area (TPSA) is 32.8 Å². The Labute approximate surface area is 438 Å². The molecular weight excluding hydrogens is 913 g/mol. The van der Waals surface area contributed by atoms with Crippen molar-refractivity contribution in [1.29, 1.82) is 0 Å². The van der Waals surface area contributed by atoms with Gasteiger partial charge in [-0.1, -0.05) is 121 Å². The Kier molecular flexibility index (Phi) is 9.90. The van der Waals surface area contributed by atoms with E-state index in [4.69, 9.17) is 8.83 Å². The third-order valence-electron chi connectivity index (χ3n) is 17.0. The van der Waals surface area contributed by atoms with Crippen LogP contribution in [0.4, 0.5) is 34.1 Å². The van der Waals surface area contributed by atoms with Gasteiger partial charge in [0.15, 0.2) is 0 Å². The van der Waals surface area contributed by atoms with Gasteiger partial charge >= 0.3 is 0 Å². The van der Waals surface area contributed by atoms with Crippen LogP contribution in [-0.4, -0.2) is 0 Å². The predicted molar refractivity (Wildman–Crippen MR) is 314 cm³/mol. The maximum absolute atomic E-state index is 7.38. The molecule has 0 atom stereocenters. The minimum Gasteiger partial charge on any atom is -0.455 e. The molecule has 2 aliphatic carbocycles. The number of benzene rings is 10. The summed E-state index contributed by atoms with van der Waals surface area (Å²) in [4.78, 5) is 4.96. The van der Waals surface area contributed by atoms with E-state index in [-0.39, 0.29) is 0 Å². The highest BCUT2D eigenvalue weighted by atomic mass is 16.3. The summed E-state index contributed by atoms with van der Waals surface area (Å²) in [6, 6.07) is 67.9. The minimum absolute atomic E-state index is 0.845. The third-order valence-corrected chi connectivity index (χ3v) is 17.0. The fourth-order valence-electron chi connectivity index (χ4n) is 12.5. The van der Waals surface area contributed by atoms with Gasteiger partial charge in [0.25, 0.3) is 0 Å². The van der Waals surface area contributed by atoms with E-state index in [1.54, 1.807) is 0 Å². The molecule has 0 unspecified atom stereocenters. The first kappa shape index (κ1) is 44.8. The molecule has 2 aliphatic rings. The number of hydrogen-bond donors (Lipinski definition) is 0. The van der Waals surface area contributed by atoms with Crippen molar-refractivity contribution < 1.29 is 8.83 Å². The van der Waals surface area contributed by atoms with Crippen molar-refractivity contribution in [2.24, 2.45) is 0 Å². The van der Waals surface area contributed by atoms with E-state index in [0.29, 0.717) is 0 Å². The van der Waals surface area contributed by atoms with Crippen LogP contribution in [0, 0.1) is 55.4 Å².